The molecule has 1 saturated heterocycles. The summed E-state index contributed by atoms with van der Waals surface area (Å²) in [6.07, 6.45) is 5.37. The standard InChI is InChI=1S/C29H31N5O4/c1-18-25(15-22-27-21(19-5-8-30-9-6-19)3-2-4-23(27)32-28(22)36)31-24-7-10-34(29(37)26(18)24)17-20(35)16-33-11-13-38-14-12-33/h2-6,8-9,15,20,31,35H,7,10-14,16-17H2,1H3,(H,32,36). The van der Waals surface area contributed by atoms with Crippen molar-refractivity contribution in [3.8, 4) is 11.1 Å². The molecule has 1 unspecified atom stereocenters. The maximum Gasteiger partial charge on any atom is 0.256 e. The highest BCUT2D eigenvalue weighted by molar-refractivity contribution is 6.36. The van der Waals surface area contributed by atoms with Crippen LogP contribution in [0.25, 0.3) is 22.8 Å². The van der Waals surface area contributed by atoms with Crippen LogP contribution < -0.4 is 5.32 Å². The second-order valence-corrected chi connectivity index (χ2v) is 10.1. The molecule has 2 amide bonds. The lowest BCUT2D eigenvalue weighted by Crippen LogP contribution is -2.47. The molecule has 196 valence electrons. The molecule has 0 saturated carbocycles. The smallest absolute Gasteiger partial charge is 0.256 e. The highest BCUT2D eigenvalue weighted by atomic mass is 16.5. The quantitative estimate of drug-likeness (QED) is 0.437. The Morgan fingerprint density at radius 1 is 1.08 bits per heavy atom. The summed E-state index contributed by atoms with van der Waals surface area (Å²) in [4.78, 5) is 38.0. The SMILES string of the molecule is Cc1c(C=C2C(=O)Nc3cccc(-c4ccncc4)c32)[nH]c2c1C(=O)N(CC(O)CN1CCOCC1)CC2. The third kappa shape index (κ3) is 4.53. The van der Waals surface area contributed by atoms with E-state index in [1.54, 1.807) is 17.3 Å². The molecule has 3 aliphatic rings. The van der Waals surface area contributed by atoms with Crippen molar-refractivity contribution in [2.75, 3.05) is 51.3 Å². The van der Waals surface area contributed by atoms with E-state index in [9.17, 15) is 14.7 Å². The van der Waals surface area contributed by atoms with Crippen LogP contribution in [-0.4, -0.2) is 88.7 Å². The first-order chi connectivity index (χ1) is 18.5. The topological polar surface area (TPSA) is 111 Å². The number of anilines is 1. The van der Waals surface area contributed by atoms with Gasteiger partial charge in [-0.15, -0.1) is 0 Å². The Morgan fingerprint density at radius 2 is 1.87 bits per heavy atom. The molecule has 0 bridgehead atoms. The van der Waals surface area contributed by atoms with Crippen LogP contribution in [0.4, 0.5) is 5.69 Å². The van der Waals surface area contributed by atoms with Gasteiger partial charge in [0.05, 0.1) is 30.5 Å². The van der Waals surface area contributed by atoms with E-state index < -0.39 is 6.10 Å². The van der Waals surface area contributed by atoms with Gasteiger partial charge in [0.1, 0.15) is 0 Å². The van der Waals surface area contributed by atoms with Crippen molar-refractivity contribution >= 4 is 29.2 Å². The molecular formula is C29H31N5O4. The number of nitrogens with one attached hydrogen (secondary N) is 2. The minimum absolute atomic E-state index is 0.0839. The molecule has 2 aromatic heterocycles. The summed E-state index contributed by atoms with van der Waals surface area (Å²) in [5, 5.41) is 13.7. The summed E-state index contributed by atoms with van der Waals surface area (Å²) in [6, 6.07) is 9.68. The first-order valence-electron chi connectivity index (χ1n) is 13.1. The van der Waals surface area contributed by atoms with Gasteiger partial charge in [-0.05, 0) is 47.9 Å². The van der Waals surface area contributed by atoms with Gasteiger partial charge in [-0.3, -0.25) is 19.5 Å². The van der Waals surface area contributed by atoms with E-state index in [0.29, 0.717) is 50.4 Å². The summed E-state index contributed by atoms with van der Waals surface area (Å²) >= 11 is 0. The van der Waals surface area contributed by atoms with Gasteiger partial charge in [0, 0.05) is 74.2 Å². The Kier molecular flexibility index (Phi) is 6.57. The van der Waals surface area contributed by atoms with Crippen LogP contribution in [0.5, 0.6) is 0 Å². The van der Waals surface area contributed by atoms with Crippen LogP contribution in [0, 0.1) is 6.92 Å². The Morgan fingerprint density at radius 3 is 2.66 bits per heavy atom. The van der Waals surface area contributed by atoms with Crippen LogP contribution >= 0.6 is 0 Å². The van der Waals surface area contributed by atoms with E-state index in [0.717, 1.165) is 52.4 Å². The minimum Gasteiger partial charge on any atom is -0.390 e. The molecule has 0 radical (unpaired) electrons. The summed E-state index contributed by atoms with van der Waals surface area (Å²) in [6.45, 7) is 6.21. The number of carbonyl (C=O) groups excluding carboxylic acids is 2. The molecule has 1 fully saturated rings. The van der Waals surface area contributed by atoms with Crippen molar-refractivity contribution in [3.05, 3.63) is 70.8 Å². The number of rotatable bonds is 6. The predicted octanol–water partition coefficient (Wildman–Crippen LogP) is 2.57. The van der Waals surface area contributed by atoms with Crippen LogP contribution in [0.1, 0.15) is 32.9 Å². The fourth-order valence-corrected chi connectivity index (χ4v) is 5.68. The molecule has 3 aliphatic heterocycles. The lowest BCUT2D eigenvalue weighted by molar-refractivity contribution is -0.110. The zero-order chi connectivity index (χ0) is 26.2. The number of nitrogens with zero attached hydrogens (tertiary/aromatic N) is 3. The predicted molar refractivity (Wildman–Crippen MR) is 145 cm³/mol. The van der Waals surface area contributed by atoms with E-state index in [2.05, 4.69) is 20.2 Å². The highest BCUT2D eigenvalue weighted by Crippen LogP contribution is 2.41. The molecule has 38 heavy (non-hydrogen) atoms. The van der Waals surface area contributed by atoms with Gasteiger partial charge in [0.15, 0.2) is 0 Å². The molecule has 0 spiro atoms. The number of H-pyrrole nitrogens is 1. The van der Waals surface area contributed by atoms with Crippen molar-refractivity contribution in [2.24, 2.45) is 0 Å². The van der Waals surface area contributed by atoms with Crippen LogP contribution in [0.2, 0.25) is 0 Å². The average Bonchev–Trinajstić information content (AvgIpc) is 3.42. The Balaban J connectivity index is 1.27. The second-order valence-electron chi connectivity index (χ2n) is 10.1. The number of aromatic amines is 1. The molecule has 1 aromatic carbocycles. The Labute approximate surface area is 221 Å². The largest absolute Gasteiger partial charge is 0.390 e. The third-order valence-corrected chi connectivity index (χ3v) is 7.61. The lowest BCUT2D eigenvalue weighted by atomic mass is 9.94. The molecule has 0 aliphatic carbocycles. The minimum atomic E-state index is -0.621. The van der Waals surface area contributed by atoms with Gasteiger partial charge in [-0.2, -0.15) is 0 Å². The van der Waals surface area contributed by atoms with Crippen LogP contribution in [-0.2, 0) is 16.0 Å². The molecule has 3 N–H and O–H groups in total. The number of hydrogen-bond donors (Lipinski definition) is 3. The zero-order valence-corrected chi connectivity index (χ0v) is 21.4. The van der Waals surface area contributed by atoms with Gasteiger partial charge in [0.2, 0.25) is 0 Å². The van der Waals surface area contributed by atoms with E-state index in [1.807, 2.05) is 43.3 Å². The van der Waals surface area contributed by atoms with Gasteiger partial charge >= 0.3 is 0 Å². The first-order valence-corrected chi connectivity index (χ1v) is 13.1. The number of aliphatic hydroxyl groups is 1. The van der Waals surface area contributed by atoms with Crippen molar-refractivity contribution in [3.63, 3.8) is 0 Å². The van der Waals surface area contributed by atoms with E-state index in [4.69, 9.17) is 4.74 Å². The molecule has 5 heterocycles. The summed E-state index contributed by atoms with van der Waals surface area (Å²) in [7, 11) is 0. The number of morpholine rings is 1. The molecule has 9 heteroatoms. The first kappa shape index (κ1) is 24.5. The number of β-amino-alcohol motifs (C(OH)–C–C–N with tert-alkyl or cyclic N) is 1. The average molecular weight is 514 g/mol. The molecule has 3 aromatic rings. The van der Waals surface area contributed by atoms with Gasteiger partial charge in [0.25, 0.3) is 11.8 Å². The second kappa shape index (κ2) is 10.2. The molecule has 6 rings (SSSR count). The number of fused-ring (bicyclic) bond motifs is 2. The summed E-state index contributed by atoms with van der Waals surface area (Å²) in [5.74, 6) is -0.257. The number of ether oxygens (including phenoxy) is 1. The fourth-order valence-electron chi connectivity index (χ4n) is 5.68. The van der Waals surface area contributed by atoms with Crippen LogP contribution in [0.3, 0.4) is 0 Å². The number of aliphatic hydroxyl groups excluding tert-OH is 1. The zero-order valence-electron chi connectivity index (χ0n) is 21.4. The van der Waals surface area contributed by atoms with Crippen molar-refractivity contribution < 1.29 is 19.4 Å². The van der Waals surface area contributed by atoms with Gasteiger partial charge < -0.3 is 25.0 Å². The van der Waals surface area contributed by atoms with E-state index in [-0.39, 0.29) is 11.8 Å². The molecular weight excluding hydrogens is 482 g/mol. The van der Waals surface area contributed by atoms with Crippen molar-refractivity contribution in [2.45, 2.75) is 19.4 Å². The van der Waals surface area contributed by atoms with E-state index in [1.165, 1.54) is 0 Å². The summed E-state index contributed by atoms with van der Waals surface area (Å²) in [5.41, 5.74) is 7.16. The summed E-state index contributed by atoms with van der Waals surface area (Å²) < 4.78 is 5.38. The number of amides is 2. The maximum atomic E-state index is 13.5. The monoisotopic (exact) mass is 513 g/mol. The molecule has 9 nitrogen and oxygen atoms in total. The van der Waals surface area contributed by atoms with Gasteiger partial charge in [-0.25, -0.2) is 0 Å². The van der Waals surface area contributed by atoms with Crippen LogP contribution in [0.15, 0.2) is 42.7 Å². The maximum absolute atomic E-state index is 13.5. The third-order valence-electron chi connectivity index (χ3n) is 7.61. The highest BCUT2D eigenvalue weighted by Gasteiger charge is 2.32. The lowest BCUT2D eigenvalue weighted by Gasteiger charge is -2.32. The number of hydrogen-bond acceptors (Lipinski definition) is 6. The fraction of sp³-hybridized carbons (Fsp3) is 0.345. The van der Waals surface area contributed by atoms with Gasteiger partial charge in [-0.1, -0.05) is 12.1 Å². The normalized spacial score (nSPS) is 19.4. The Bertz CT molecular complexity index is 1410. The number of benzene rings is 1. The Hall–Kier alpha value is -3.79. The molecule has 1 atom stereocenters. The number of aromatic nitrogens is 2. The van der Waals surface area contributed by atoms with Crippen molar-refractivity contribution in [1.82, 2.24) is 19.8 Å². The van der Waals surface area contributed by atoms with Crippen molar-refractivity contribution in [1.29, 1.82) is 0 Å². The number of carbonyl (C=O) groups is 2. The van der Waals surface area contributed by atoms with E-state index >= 15 is 0 Å². The number of pyridine rings is 1.